The number of oxime groups is 2. The van der Waals surface area contributed by atoms with Crippen molar-refractivity contribution in [1.82, 2.24) is 0 Å². The lowest BCUT2D eigenvalue weighted by Crippen LogP contribution is -2.28. The molecule has 0 unspecified atom stereocenters. The third-order valence-electron chi connectivity index (χ3n) is 2.46. The van der Waals surface area contributed by atoms with Crippen molar-refractivity contribution in [3.63, 3.8) is 0 Å². The van der Waals surface area contributed by atoms with Crippen molar-refractivity contribution >= 4 is 23.0 Å². The van der Waals surface area contributed by atoms with Crippen LogP contribution in [0.15, 0.2) is 28.5 Å². The summed E-state index contributed by atoms with van der Waals surface area (Å²) in [7, 11) is 2.94. The largest absolute Gasteiger partial charge is 0.497 e. The van der Waals surface area contributed by atoms with E-state index < -0.39 is 11.6 Å². The molecular weight excluding hydrogens is 266 g/mol. The lowest BCUT2D eigenvalue weighted by molar-refractivity contribution is -0.110. The summed E-state index contributed by atoms with van der Waals surface area (Å²) in [5.74, 6) is 0.184. The Kier molecular flexibility index (Phi) is 5.33. The van der Waals surface area contributed by atoms with E-state index in [9.17, 15) is 4.79 Å². The second kappa shape index (κ2) is 6.98. The Hall–Kier alpha value is -2.77. The van der Waals surface area contributed by atoms with Crippen molar-refractivity contribution in [3.8, 4) is 11.5 Å². The van der Waals surface area contributed by atoms with Gasteiger partial charge in [0, 0.05) is 6.07 Å². The van der Waals surface area contributed by atoms with Crippen LogP contribution >= 0.6 is 0 Å². The first-order valence-corrected chi connectivity index (χ1v) is 5.51. The Morgan fingerprint density at radius 2 is 1.90 bits per heavy atom. The summed E-state index contributed by atoms with van der Waals surface area (Å²) in [5.41, 5.74) is -0.187. The summed E-state index contributed by atoms with van der Waals surface area (Å²) in [4.78, 5) is 11.9. The number of benzene rings is 1. The van der Waals surface area contributed by atoms with Crippen LogP contribution in [0.1, 0.15) is 6.92 Å². The van der Waals surface area contributed by atoms with E-state index in [1.807, 2.05) is 0 Å². The molecule has 8 nitrogen and oxygen atoms in total. The zero-order valence-corrected chi connectivity index (χ0v) is 11.2. The molecule has 0 aliphatic heterocycles. The van der Waals surface area contributed by atoms with E-state index in [1.54, 1.807) is 18.2 Å². The molecule has 0 atom stereocenters. The molecular formula is C12H15N3O5. The number of nitrogens with one attached hydrogen (secondary N) is 1. The van der Waals surface area contributed by atoms with Gasteiger partial charge < -0.3 is 25.2 Å². The summed E-state index contributed by atoms with van der Waals surface area (Å²) in [6.45, 7) is 1.32. The SMILES string of the molecule is COc1ccc(NC(=O)C(=NO)C(C)=NO)c(OC)c1. The van der Waals surface area contributed by atoms with Crippen LogP contribution < -0.4 is 14.8 Å². The van der Waals surface area contributed by atoms with Crippen LogP contribution in [-0.4, -0.2) is 42.0 Å². The fourth-order valence-electron chi connectivity index (χ4n) is 1.41. The van der Waals surface area contributed by atoms with Gasteiger partial charge >= 0.3 is 0 Å². The monoisotopic (exact) mass is 281 g/mol. The molecule has 0 fully saturated rings. The van der Waals surface area contributed by atoms with Crippen LogP contribution in [0.3, 0.4) is 0 Å². The van der Waals surface area contributed by atoms with Gasteiger partial charge in [-0.3, -0.25) is 4.79 Å². The predicted octanol–water partition coefficient (Wildman–Crippen LogP) is 1.32. The summed E-state index contributed by atoms with van der Waals surface area (Å²) >= 11 is 0. The number of anilines is 1. The van der Waals surface area contributed by atoms with Crippen LogP contribution in [0, 0.1) is 0 Å². The fraction of sp³-hybridized carbons (Fsp3) is 0.250. The Morgan fingerprint density at radius 3 is 2.40 bits per heavy atom. The third-order valence-corrected chi connectivity index (χ3v) is 2.46. The van der Waals surface area contributed by atoms with E-state index in [0.29, 0.717) is 17.2 Å². The topological polar surface area (TPSA) is 113 Å². The lowest BCUT2D eigenvalue weighted by atomic mass is 10.2. The zero-order valence-electron chi connectivity index (χ0n) is 11.2. The van der Waals surface area contributed by atoms with Crippen LogP contribution in [0.4, 0.5) is 5.69 Å². The van der Waals surface area contributed by atoms with Crippen molar-refractivity contribution < 1.29 is 24.7 Å². The van der Waals surface area contributed by atoms with E-state index in [-0.39, 0.29) is 5.71 Å². The molecule has 1 amide bonds. The zero-order chi connectivity index (χ0) is 15.1. The Balaban J connectivity index is 3.01. The highest BCUT2D eigenvalue weighted by molar-refractivity contribution is 6.68. The number of nitrogens with zero attached hydrogens (tertiary/aromatic N) is 2. The van der Waals surface area contributed by atoms with E-state index in [1.165, 1.54) is 21.1 Å². The van der Waals surface area contributed by atoms with Gasteiger partial charge in [-0.2, -0.15) is 0 Å². The van der Waals surface area contributed by atoms with Crippen LogP contribution in [-0.2, 0) is 4.79 Å². The van der Waals surface area contributed by atoms with Gasteiger partial charge in [0.1, 0.15) is 17.2 Å². The number of ether oxygens (including phenoxy) is 2. The summed E-state index contributed by atoms with van der Waals surface area (Å²) in [6, 6.07) is 4.77. The van der Waals surface area contributed by atoms with Gasteiger partial charge in [-0.15, -0.1) is 0 Å². The molecule has 0 heterocycles. The maximum absolute atomic E-state index is 11.9. The number of hydrogen-bond acceptors (Lipinski definition) is 7. The van der Waals surface area contributed by atoms with E-state index in [2.05, 4.69) is 15.6 Å². The minimum absolute atomic E-state index is 0.127. The molecule has 1 aromatic rings. The van der Waals surface area contributed by atoms with Gasteiger partial charge in [0.05, 0.1) is 19.9 Å². The average Bonchev–Trinajstić information content (AvgIpc) is 2.48. The number of methoxy groups -OCH3 is 2. The van der Waals surface area contributed by atoms with Crippen molar-refractivity contribution in [1.29, 1.82) is 0 Å². The standard InChI is InChI=1S/C12H15N3O5/c1-7(14-17)11(15-18)12(16)13-9-5-4-8(19-2)6-10(9)20-3/h4-6,17-18H,1-3H3,(H,13,16). The minimum Gasteiger partial charge on any atom is -0.497 e. The number of amides is 1. The van der Waals surface area contributed by atoms with E-state index in [4.69, 9.17) is 19.9 Å². The molecule has 0 spiro atoms. The molecule has 0 radical (unpaired) electrons. The first-order chi connectivity index (χ1) is 9.57. The molecule has 3 N–H and O–H groups in total. The highest BCUT2D eigenvalue weighted by atomic mass is 16.5. The van der Waals surface area contributed by atoms with Crippen LogP contribution in [0.5, 0.6) is 11.5 Å². The first kappa shape index (κ1) is 15.3. The molecule has 0 bridgehead atoms. The number of hydrogen-bond donors (Lipinski definition) is 3. The molecule has 1 aromatic carbocycles. The molecule has 8 heteroatoms. The van der Waals surface area contributed by atoms with Crippen molar-refractivity contribution in [2.24, 2.45) is 10.3 Å². The number of rotatable bonds is 5. The summed E-state index contributed by atoms with van der Waals surface area (Å²) < 4.78 is 10.1. The number of carbonyl (C=O) groups is 1. The van der Waals surface area contributed by atoms with Crippen molar-refractivity contribution in [3.05, 3.63) is 18.2 Å². The fourth-order valence-corrected chi connectivity index (χ4v) is 1.41. The van der Waals surface area contributed by atoms with E-state index >= 15 is 0 Å². The van der Waals surface area contributed by atoms with Gasteiger partial charge in [-0.1, -0.05) is 10.3 Å². The molecule has 0 saturated heterocycles. The second-order valence-electron chi connectivity index (χ2n) is 3.65. The normalized spacial score (nSPS) is 11.9. The van der Waals surface area contributed by atoms with Crippen molar-refractivity contribution in [2.45, 2.75) is 6.92 Å². The lowest BCUT2D eigenvalue weighted by Gasteiger charge is -2.11. The molecule has 0 aliphatic carbocycles. The molecule has 20 heavy (non-hydrogen) atoms. The van der Waals surface area contributed by atoms with E-state index in [0.717, 1.165) is 0 Å². The Morgan fingerprint density at radius 1 is 1.20 bits per heavy atom. The maximum atomic E-state index is 11.9. The molecule has 0 aromatic heterocycles. The maximum Gasteiger partial charge on any atom is 0.279 e. The summed E-state index contributed by atoms with van der Waals surface area (Å²) in [5, 5.41) is 25.4. The highest BCUT2D eigenvalue weighted by Gasteiger charge is 2.18. The molecule has 0 aliphatic rings. The first-order valence-electron chi connectivity index (χ1n) is 5.51. The van der Waals surface area contributed by atoms with Gasteiger partial charge in [0.25, 0.3) is 5.91 Å². The van der Waals surface area contributed by atoms with Gasteiger partial charge in [0.15, 0.2) is 5.71 Å². The van der Waals surface area contributed by atoms with Gasteiger partial charge in [0.2, 0.25) is 0 Å². The second-order valence-corrected chi connectivity index (χ2v) is 3.65. The summed E-state index contributed by atoms with van der Waals surface area (Å²) in [6.07, 6.45) is 0. The average molecular weight is 281 g/mol. The molecule has 1 rings (SSSR count). The van der Waals surface area contributed by atoms with Crippen molar-refractivity contribution in [2.75, 3.05) is 19.5 Å². The van der Waals surface area contributed by atoms with Gasteiger partial charge in [-0.05, 0) is 19.1 Å². The van der Waals surface area contributed by atoms with Crippen LogP contribution in [0.2, 0.25) is 0 Å². The van der Waals surface area contributed by atoms with Gasteiger partial charge in [-0.25, -0.2) is 0 Å². The third kappa shape index (κ3) is 3.37. The molecule has 0 saturated carbocycles. The number of carbonyl (C=O) groups excluding carboxylic acids is 1. The smallest absolute Gasteiger partial charge is 0.279 e. The predicted molar refractivity (Wildman–Crippen MR) is 72.3 cm³/mol. The molecule has 108 valence electrons. The Bertz CT molecular complexity index is 554. The Labute approximate surface area is 115 Å². The highest BCUT2D eigenvalue weighted by Crippen LogP contribution is 2.28. The van der Waals surface area contributed by atoms with Crippen LogP contribution in [0.25, 0.3) is 0 Å². The quantitative estimate of drug-likeness (QED) is 0.428. The minimum atomic E-state index is -0.744.